The highest BCUT2D eigenvalue weighted by Gasteiger charge is 2.01. The second-order valence-corrected chi connectivity index (χ2v) is 5.24. The van der Waals surface area contributed by atoms with E-state index in [0.717, 1.165) is 36.3 Å². The van der Waals surface area contributed by atoms with Gasteiger partial charge >= 0.3 is 0 Å². The van der Waals surface area contributed by atoms with Crippen molar-refractivity contribution < 1.29 is 0 Å². The zero-order valence-corrected chi connectivity index (χ0v) is 16.4. The standard InChI is InChI=1S/C15H21ClN6.HI/c1-3-17-15(19-10-14-20-11-21-22(14)2)18-8-7-12-5-4-6-13(16)9-12;/h4-6,9,11H,3,7-8,10H2,1-2H3,(H2,17,18,19);1H. The van der Waals surface area contributed by atoms with E-state index in [1.165, 1.54) is 11.9 Å². The number of guanidine groups is 1. The molecule has 1 aromatic heterocycles. The molecule has 2 rings (SSSR count). The smallest absolute Gasteiger partial charge is 0.191 e. The Labute approximate surface area is 158 Å². The molecule has 0 radical (unpaired) electrons. The quantitative estimate of drug-likeness (QED) is 0.405. The lowest BCUT2D eigenvalue weighted by Gasteiger charge is -2.11. The molecule has 1 heterocycles. The summed E-state index contributed by atoms with van der Waals surface area (Å²) in [6.45, 7) is 4.12. The molecular formula is C15H22ClIN6. The predicted molar refractivity (Wildman–Crippen MR) is 104 cm³/mol. The maximum Gasteiger partial charge on any atom is 0.191 e. The number of aryl methyl sites for hydroxylation is 1. The van der Waals surface area contributed by atoms with Crippen LogP contribution in [0.25, 0.3) is 0 Å². The topological polar surface area (TPSA) is 67.1 Å². The third-order valence-electron chi connectivity index (χ3n) is 3.12. The monoisotopic (exact) mass is 448 g/mol. The normalized spacial score (nSPS) is 11.0. The average Bonchev–Trinajstić information content (AvgIpc) is 2.90. The lowest BCUT2D eigenvalue weighted by atomic mass is 10.1. The summed E-state index contributed by atoms with van der Waals surface area (Å²) in [6.07, 6.45) is 2.42. The van der Waals surface area contributed by atoms with Crippen LogP contribution in [0.1, 0.15) is 18.3 Å². The number of rotatable bonds is 6. The fraction of sp³-hybridized carbons (Fsp3) is 0.400. The van der Waals surface area contributed by atoms with Gasteiger partial charge in [0.2, 0.25) is 0 Å². The van der Waals surface area contributed by atoms with Gasteiger partial charge in [-0.1, -0.05) is 23.7 Å². The summed E-state index contributed by atoms with van der Waals surface area (Å²) in [5, 5.41) is 11.3. The molecular weight excluding hydrogens is 427 g/mol. The molecule has 0 spiro atoms. The van der Waals surface area contributed by atoms with Crippen LogP contribution in [0, 0.1) is 0 Å². The van der Waals surface area contributed by atoms with Gasteiger partial charge in [-0.05, 0) is 31.0 Å². The van der Waals surface area contributed by atoms with Crippen molar-refractivity contribution in [1.29, 1.82) is 0 Å². The number of nitrogens with one attached hydrogen (secondary N) is 2. The molecule has 0 saturated carbocycles. The Morgan fingerprint density at radius 2 is 2.17 bits per heavy atom. The average molecular weight is 449 g/mol. The predicted octanol–water partition coefficient (Wildman–Crippen LogP) is 2.38. The first kappa shape index (κ1) is 19.7. The van der Waals surface area contributed by atoms with E-state index in [-0.39, 0.29) is 24.0 Å². The van der Waals surface area contributed by atoms with Crippen LogP contribution in [0.15, 0.2) is 35.6 Å². The van der Waals surface area contributed by atoms with E-state index >= 15 is 0 Å². The van der Waals surface area contributed by atoms with Crippen LogP contribution in [0.3, 0.4) is 0 Å². The minimum absolute atomic E-state index is 0. The number of benzene rings is 1. The summed E-state index contributed by atoms with van der Waals surface area (Å²) in [5.41, 5.74) is 1.20. The van der Waals surface area contributed by atoms with Gasteiger partial charge in [0.15, 0.2) is 5.96 Å². The molecule has 0 unspecified atom stereocenters. The highest BCUT2D eigenvalue weighted by molar-refractivity contribution is 14.0. The van der Waals surface area contributed by atoms with E-state index in [1.807, 2.05) is 32.2 Å². The molecule has 8 heteroatoms. The van der Waals surface area contributed by atoms with E-state index in [1.54, 1.807) is 4.68 Å². The molecule has 2 aromatic rings. The van der Waals surface area contributed by atoms with Crippen LogP contribution in [-0.4, -0.2) is 33.8 Å². The summed E-state index contributed by atoms with van der Waals surface area (Å²) < 4.78 is 1.72. The van der Waals surface area contributed by atoms with Crippen LogP contribution < -0.4 is 10.6 Å². The van der Waals surface area contributed by atoms with Crippen molar-refractivity contribution in [2.75, 3.05) is 13.1 Å². The van der Waals surface area contributed by atoms with Crippen LogP contribution in [0.5, 0.6) is 0 Å². The molecule has 23 heavy (non-hydrogen) atoms. The lowest BCUT2D eigenvalue weighted by molar-refractivity contribution is 0.697. The van der Waals surface area contributed by atoms with Gasteiger partial charge in [-0.3, -0.25) is 4.68 Å². The summed E-state index contributed by atoms with van der Waals surface area (Å²) in [4.78, 5) is 8.67. The highest BCUT2D eigenvalue weighted by atomic mass is 127. The van der Waals surface area contributed by atoms with Crippen molar-refractivity contribution >= 4 is 41.5 Å². The van der Waals surface area contributed by atoms with Crippen molar-refractivity contribution in [3.8, 4) is 0 Å². The molecule has 126 valence electrons. The minimum Gasteiger partial charge on any atom is -0.357 e. The maximum absolute atomic E-state index is 5.99. The van der Waals surface area contributed by atoms with Gasteiger partial charge in [-0.2, -0.15) is 5.10 Å². The van der Waals surface area contributed by atoms with Crippen molar-refractivity contribution in [1.82, 2.24) is 25.4 Å². The largest absolute Gasteiger partial charge is 0.357 e. The summed E-state index contributed by atoms with van der Waals surface area (Å²) in [6, 6.07) is 7.89. The van der Waals surface area contributed by atoms with E-state index in [4.69, 9.17) is 11.6 Å². The number of hydrogen-bond donors (Lipinski definition) is 2. The van der Waals surface area contributed by atoms with Crippen molar-refractivity contribution in [2.45, 2.75) is 19.9 Å². The van der Waals surface area contributed by atoms with Gasteiger partial charge < -0.3 is 10.6 Å². The van der Waals surface area contributed by atoms with Crippen LogP contribution in [0.4, 0.5) is 0 Å². The first-order valence-electron chi connectivity index (χ1n) is 7.28. The van der Waals surface area contributed by atoms with Gasteiger partial charge in [-0.15, -0.1) is 24.0 Å². The van der Waals surface area contributed by atoms with E-state index < -0.39 is 0 Å². The number of aromatic nitrogens is 3. The first-order chi connectivity index (χ1) is 10.7. The summed E-state index contributed by atoms with van der Waals surface area (Å²) in [7, 11) is 1.86. The van der Waals surface area contributed by atoms with E-state index in [2.05, 4.69) is 31.8 Å². The molecule has 0 aliphatic rings. The molecule has 1 aromatic carbocycles. The first-order valence-corrected chi connectivity index (χ1v) is 7.66. The van der Waals surface area contributed by atoms with Crippen molar-refractivity contribution in [3.05, 3.63) is 47.0 Å². The lowest BCUT2D eigenvalue weighted by Crippen LogP contribution is -2.38. The number of nitrogens with zero attached hydrogens (tertiary/aromatic N) is 4. The molecule has 0 fully saturated rings. The van der Waals surface area contributed by atoms with E-state index in [0.29, 0.717) is 6.54 Å². The van der Waals surface area contributed by atoms with Gasteiger partial charge in [0.05, 0.1) is 0 Å². The van der Waals surface area contributed by atoms with Crippen LogP contribution >= 0.6 is 35.6 Å². The molecule has 6 nitrogen and oxygen atoms in total. The second-order valence-electron chi connectivity index (χ2n) is 4.80. The van der Waals surface area contributed by atoms with Crippen molar-refractivity contribution in [3.63, 3.8) is 0 Å². The van der Waals surface area contributed by atoms with Gasteiger partial charge in [-0.25, -0.2) is 9.98 Å². The fourth-order valence-electron chi connectivity index (χ4n) is 1.97. The summed E-state index contributed by atoms with van der Waals surface area (Å²) >= 11 is 5.99. The second kappa shape index (κ2) is 10.4. The minimum atomic E-state index is 0. The Morgan fingerprint density at radius 1 is 1.35 bits per heavy atom. The zero-order chi connectivity index (χ0) is 15.8. The number of hydrogen-bond acceptors (Lipinski definition) is 3. The SMILES string of the molecule is CCNC(=NCc1ncnn1C)NCCc1cccc(Cl)c1.I. The van der Waals surface area contributed by atoms with E-state index in [9.17, 15) is 0 Å². The number of aliphatic imine (C=N–C) groups is 1. The van der Waals surface area contributed by atoms with Gasteiger partial charge in [0.1, 0.15) is 18.7 Å². The number of halogens is 2. The Balaban J connectivity index is 0.00000264. The fourth-order valence-corrected chi connectivity index (χ4v) is 2.19. The van der Waals surface area contributed by atoms with Gasteiger partial charge in [0.25, 0.3) is 0 Å². The van der Waals surface area contributed by atoms with Crippen molar-refractivity contribution in [2.24, 2.45) is 12.0 Å². The Kier molecular flexibility index (Phi) is 8.93. The maximum atomic E-state index is 5.99. The Bertz CT molecular complexity index is 628. The molecule has 0 bridgehead atoms. The molecule has 0 aliphatic carbocycles. The third-order valence-corrected chi connectivity index (χ3v) is 3.36. The molecule has 0 atom stereocenters. The van der Waals surface area contributed by atoms with Gasteiger partial charge in [0, 0.05) is 25.2 Å². The Hall–Kier alpha value is -1.35. The highest BCUT2D eigenvalue weighted by Crippen LogP contribution is 2.10. The summed E-state index contributed by atoms with van der Waals surface area (Å²) in [5.74, 6) is 1.60. The zero-order valence-electron chi connectivity index (χ0n) is 13.3. The Morgan fingerprint density at radius 3 is 2.83 bits per heavy atom. The van der Waals surface area contributed by atoms with Crippen LogP contribution in [-0.2, 0) is 20.0 Å². The molecule has 0 saturated heterocycles. The third kappa shape index (κ3) is 6.74. The van der Waals surface area contributed by atoms with Crippen LogP contribution in [0.2, 0.25) is 5.02 Å². The molecule has 2 N–H and O–H groups in total. The molecule has 0 aliphatic heterocycles. The molecule has 0 amide bonds.